The van der Waals surface area contributed by atoms with Crippen LogP contribution in [0.1, 0.15) is 0 Å². The third kappa shape index (κ3) is 2.63. The number of rotatable bonds is 3. The molecule has 1 N–H and O–H groups in total. The standard InChI is InChI=1S/C13H17N5S/c1-14-11-3-2-4-12(16-11)17-6-8-18(9-7-17)13-15-5-10-19-13/h2-5,10H,6-9H2,1H3,(H,14,16). The number of anilines is 3. The quantitative estimate of drug-likeness (QED) is 0.927. The minimum Gasteiger partial charge on any atom is -0.373 e. The highest BCUT2D eigenvalue weighted by molar-refractivity contribution is 7.13. The Hall–Kier alpha value is -1.82. The zero-order valence-electron chi connectivity index (χ0n) is 10.9. The summed E-state index contributed by atoms with van der Waals surface area (Å²) in [7, 11) is 1.90. The lowest BCUT2D eigenvalue weighted by Gasteiger charge is -2.35. The molecular formula is C13H17N5S. The van der Waals surface area contributed by atoms with Gasteiger partial charge in [-0.3, -0.25) is 0 Å². The van der Waals surface area contributed by atoms with Crippen molar-refractivity contribution in [1.29, 1.82) is 0 Å². The molecule has 1 saturated heterocycles. The van der Waals surface area contributed by atoms with Crippen LogP contribution in [0.5, 0.6) is 0 Å². The first-order valence-corrected chi connectivity index (χ1v) is 7.29. The van der Waals surface area contributed by atoms with E-state index in [-0.39, 0.29) is 0 Å². The van der Waals surface area contributed by atoms with Crippen molar-refractivity contribution in [2.45, 2.75) is 0 Å². The molecule has 19 heavy (non-hydrogen) atoms. The second-order valence-electron chi connectivity index (χ2n) is 4.42. The lowest BCUT2D eigenvalue weighted by Crippen LogP contribution is -2.46. The maximum absolute atomic E-state index is 4.59. The van der Waals surface area contributed by atoms with Crippen molar-refractivity contribution in [1.82, 2.24) is 9.97 Å². The minimum absolute atomic E-state index is 0.917. The van der Waals surface area contributed by atoms with E-state index in [0.717, 1.165) is 42.9 Å². The normalized spacial score (nSPS) is 15.6. The molecule has 5 nitrogen and oxygen atoms in total. The van der Waals surface area contributed by atoms with Gasteiger partial charge in [0, 0.05) is 44.8 Å². The Balaban J connectivity index is 1.66. The lowest BCUT2D eigenvalue weighted by atomic mass is 10.3. The molecule has 2 aromatic rings. The maximum Gasteiger partial charge on any atom is 0.185 e. The summed E-state index contributed by atoms with van der Waals surface area (Å²) in [6.45, 7) is 3.97. The highest BCUT2D eigenvalue weighted by atomic mass is 32.1. The van der Waals surface area contributed by atoms with Gasteiger partial charge in [0.1, 0.15) is 11.6 Å². The molecule has 1 aliphatic heterocycles. The monoisotopic (exact) mass is 275 g/mol. The van der Waals surface area contributed by atoms with Gasteiger partial charge in [-0.15, -0.1) is 11.3 Å². The van der Waals surface area contributed by atoms with Crippen LogP contribution in [0.3, 0.4) is 0 Å². The first-order chi connectivity index (χ1) is 9.36. The molecule has 0 atom stereocenters. The van der Waals surface area contributed by atoms with E-state index in [1.165, 1.54) is 0 Å². The van der Waals surface area contributed by atoms with Gasteiger partial charge in [-0.05, 0) is 12.1 Å². The summed E-state index contributed by atoms with van der Waals surface area (Å²) in [5.41, 5.74) is 0. The number of thiazole rings is 1. The molecule has 0 aliphatic carbocycles. The summed E-state index contributed by atoms with van der Waals surface area (Å²) in [5, 5.41) is 6.23. The second kappa shape index (κ2) is 5.44. The number of hydrogen-bond acceptors (Lipinski definition) is 6. The molecule has 0 unspecified atom stereocenters. The summed E-state index contributed by atoms with van der Waals surface area (Å²) in [6.07, 6.45) is 1.87. The van der Waals surface area contributed by atoms with E-state index in [9.17, 15) is 0 Å². The summed E-state index contributed by atoms with van der Waals surface area (Å²) >= 11 is 1.70. The Morgan fingerprint density at radius 2 is 1.95 bits per heavy atom. The Morgan fingerprint density at radius 1 is 1.16 bits per heavy atom. The number of nitrogens with zero attached hydrogens (tertiary/aromatic N) is 4. The topological polar surface area (TPSA) is 44.3 Å². The Morgan fingerprint density at radius 3 is 2.63 bits per heavy atom. The fourth-order valence-electron chi connectivity index (χ4n) is 2.24. The van der Waals surface area contributed by atoms with Gasteiger partial charge >= 0.3 is 0 Å². The molecule has 0 saturated carbocycles. The first kappa shape index (κ1) is 12.2. The van der Waals surface area contributed by atoms with Crippen LogP contribution in [0.25, 0.3) is 0 Å². The van der Waals surface area contributed by atoms with E-state index in [1.54, 1.807) is 11.3 Å². The Bertz CT molecular complexity index is 520. The van der Waals surface area contributed by atoms with Crippen LogP contribution in [0, 0.1) is 0 Å². The van der Waals surface area contributed by atoms with Crippen LogP contribution >= 0.6 is 11.3 Å². The Kier molecular flexibility index (Phi) is 3.50. The van der Waals surface area contributed by atoms with Crippen molar-refractivity contribution in [3.8, 4) is 0 Å². The van der Waals surface area contributed by atoms with E-state index >= 15 is 0 Å². The molecular weight excluding hydrogens is 258 g/mol. The fraction of sp³-hybridized carbons (Fsp3) is 0.385. The number of aromatic nitrogens is 2. The molecule has 0 spiro atoms. The highest BCUT2D eigenvalue weighted by Gasteiger charge is 2.19. The fourth-order valence-corrected chi connectivity index (χ4v) is 2.93. The van der Waals surface area contributed by atoms with Crippen molar-refractivity contribution in [2.24, 2.45) is 0 Å². The molecule has 2 aromatic heterocycles. The number of nitrogens with one attached hydrogen (secondary N) is 1. The average molecular weight is 275 g/mol. The van der Waals surface area contributed by atoms with Crippen molar-refractivity contribution < 1.29 is 0 Å². The first-order valence-electron chi connectivity index (χ1n) is 6.41. The van der Waals surface area contributed by atoms with E-state index in [4.69, 9.17) is 0 Å². The van der Waals surface area contributed by atoms with Gasteiger partial charge in [0.15, 0.2) is 5.13 Å². The molecule has 100 valence electrons. The predicted molar refractivity (Wildman–Crippen MR) is 80.3 cm³/mol. The van der Waals surface area contributed by atoms with Crippen LogP contribution in [0.2, 0.25) is 0 Å². The largest absolute Gasteiger partial charge is 0.373 e. The summed E-state index contributed by atoms with van der Waals surface area (Å²) in [6, 6.07) is 6.09. The van der Waals surface area contributed by atoms with Gasteiger partial charge in [0.05, 0.1) is 0 Å². The van der Waals surface area contributed by atoms with Crippen LogP contribution < -0.4 is 15.1 Å². The molecule has 1 fully saturated rings. The molecule has 1 aliphatic rings. The van der Waals surface area contributed by atoms with E-state index < -0.39 is 0 Å². The van der Waals surface area contributed by atoms with E-state index in [2.05, 4.69) is 31.2 Å². The average Bonchev–Trinajstić information content (AvgIpc) is 3.02. The zero-order valence-corrected chi connectivity index (χ0v) is 11.7. The van der Waals surface area contributed by atoms with Gasteiger partial charge in [-0.2, -0.15) is 0 Å². The van der Waals surface area contributed by atoms with Crippen molar-refractivity contribution in [2.75, 3.05) is 48.3 Å². The SMILES string of the molecule is CNc1cccc(N2CCN(c3nccs3)CC2)n1. The summed E-state index contributed by atoms with van der Waals surface area (Å²) in [5.74, 6) is 1.96. The molecule has 0 amide bonds. The third-order valence-electron chi connectivity index (χ3n) is 3.28. The highest BCUT2D eigenvalue weighted by Crippen LogP contribution is 2.21. The van der Waals surface area contributed by atoms with E-state index in [0.29, 0.717) is 0 Å². The van der Waals surface area contributed by atoms with Gasteiger partial charge in [0.25, 0.3) is 0 Å². The summed E-state index contributed by atoms with van der Waals surface area (Å²) in [4.78, 5) is 13.6. The van der Waals surface area contributed by atoms with Gasteiger partial charge in [0.2, 0.25) is 0 Å². The minimum atomic E-state index is 0.917. The van der Waals surface area contributed by atoms with Crippen molar-refractivity contribution in [3.05, 3.63) is 29.8 Å². The maximum atomic E-state index is 4.59. The van der Waals surface area contributed by atoms with Crippen LogP contribution in [0.15, 0.2) is 29.8 Å². The molecule has 3 rings (SSSR count). The predicted octanol–water partition coefficient (Wildman–Crippen LogP) is 1.91. The molecule has 0 radical (unpaired) electrons. The molecule has 3 heterocycles. The van der Waals surface area contributed by atoms with Crippen LogP contribution in [-0.2, 0) is 0 Å². The molecule has 0 bridgehead atoms. The van der Waals surface area contributed by atoms with Crippen molar-refractivity contribution >= 4 is 28.1 Å². The van der Waals surface area contributed by atoms with Crippen LogP contribution in [0.4, 0.5) is 16.8 Å². The smallest absolute Gasteiger partial charge is 0.185 e. The number of piperazine rings is 1. The van der Waals surface area contributed by atoms with Crippen molar-refractivity contribution in [3.63, 3.8) is 0 Å². The second-order valence-corrected chi connectivity index (χ2v) is 5.29. The number of hydrogen-bond donors (Lipinski definition) is 1. The van der Waals surface area contributed by atoms with Gasteiger partial charge < -0.3 is 15.1 Å². The van der Waals surface area contributed by atoms with Crippen LogP contribution in [-0.4, -0.2) is 43.2 Å². The third-order valence-corrected chi connectivity index (χ3v) is 4.12. The Labute approximate surface area is 116 Å². The number of pyridine rings is 1. The molecule has 0 aromatic carbocycles. The van der Waals surface area contributed by atoms with Gasteiger partial charge in [-0.25, -0.2) is 9.97 Å². The van der Waals surface area contributed by atoms with E-state index in [1.807, 2.05) is 30.8 Å². The zero-order chi connectivity index (χ0) is 13.1. The lowest BCUT2D eigenvalue weighted by molar-refractivity contribution is 0.646. The van der Waals surface area contributed by atoms with Gasteiger partial charge in [-0.1, -0.05) is 6.07 Å². The summed E-state index contributed by atoms with van der Waals surface area (Å²) < 4.78 is 0. The molecule has 6 heteroatoms.